The minimum Gasteiger partial charge on any atom is -0.496 e. The lowest BCUT2D eigenvalue weighted by molar-refractivity contribution is 0.00630. The summed E-state index contributed by atoms with van der Waals surface area (Å²) in [4.78, 5) is 2.45. The average molecular weight is 277 g/mol. The summed E-state index contributed by atoms with van der Waals surface area (Å²) in [6.45, 7) is 3.73. The third kappa shape index (κ3) is 2.68. The zero-order valence-corrected chi connectivity index (χ0v) is 12.3. The Hall–Kier alpha value is -1.10. The molecule has 110 valence electrons. The Bertz CT molecular complexity index is 465. The molecule has 2 aliphatic rings. The first-order valence-corrected chi connectivity index (χ1v) is 7.26. The molecule has 1 aromatic carbocycles. The molecule has 2 saturated heterocycles. The predicted molar refractivity (Wildman–Crippen MR) is 77.0 cm³/mol. The molecular weight excluding hydrogens is 254 g/mol. The zero-order chi connectivity index (χ0) is 14.0. The number of para-hydroxylation sites is 1. The minimum absolute atomic E-state index is 0.0166. The van der Waals surface area contributed by atoms with Crippen LogP contribution in [-0.2, 0) is 16.0 Å². The van der Waals surface area contributed by atoms with Gasteiger partial charge in [0.15, 0.2) is 0 Å². The SMILES string of the molecule is COc1ccccc1CN1CC[C@]2(C[C@H](OC)CO2)C1. The van der Waals surface area contributed by atoms with Crippen LogP contribution in [-0.4, -0.2) is 50.5 Å². The topological polar surface area (TPSA) is 30.9 Å². The Morgan fingerprint density at radius 3 is 2.95 bits per heavy atom. The summed E-state index contributed by atoms with van der Waals surface area (Å²) >= 11 is 0. The lowest BCUT2D eigenvalue weighted by Gasteiger charge is -2.23. The van der Waals surface area contributed by atoms with E-state index < -0.39 is 0 Å². The van der Waals surface area contributed by atoms with Gasteiger partial charge in [-0.25, -0.2) is 0 Å². The van der Waals surface area contributed by atoms with Gasteiger partial charge < -0.3 is 14.2 Å². The van der Waals surface area contributed by atoms with Gasteiger partial charge in [0, 0.05) is 38.7 Å². The van der Waals surface area contributed by atoms with Crippen LogP contribution in [0.3, 0.4) is 0 Å². The molecule has 2 fully saturated rings. The van der Waals surface area contributed by atoms with Crippen LogP contribution in [0, 0.1) is 0 Å². The van der Waals surface area contributed by atoms with Gasteiger partial charge in [-0.05, 0) is 12.5 Å². The van der Waals surface area contributed by atoms with Crippen LogP contribution in [0.2, 0.25) is 0 Å². The van der Waals surface area contributed by atoms with Crippen LogP contribution in [0.5, 0.6) is 5.75 Å². The second-order valence-corrected chi connectivity index (χ2v) is 5.83. The number of benzene rings is 1. The maximum absolute atomic E-state index is 6.03. The van der Waals surface area contributed by atoms with E-state index in [0.717, 1.165) is 44.8 Å². The van der Waals surface area contributed by atoms with Gasteiger partial charge in [0.05, 0.1) is 25.4 Å². The molecule has 2 aliphatic heterocycles. The number of methoxy groups -OCH3 is 2. The fraction of sp³-hybridized carbons (Fsp3) is 0.625. The summed E-state index contributed by atoms with van der Waals surface area (Å²) in [5.41, 5.74) is 1.26. The number of hydrogen-bond acceptors (Lipinski definition) is 4. The number of nitrogens with zero attached hydrogens (tertiary/aromatic N) is 1. The van der Waals surface area contributed by atoms with E-state index in [0.29, 0.717) is 0 Å². The molecule has 1 spiro atoms. The van der Waals surface area contributed by atoms with Crippen molar-refractivity contribution >= 4 is 0 Å². The third-order valence-electron chi connectivity index (χ3n) is 4.49. The molecule has 0 unspecified atom stereocenters. The van der Waals surface area contributed by atoms with E-state index in [9.17, 15) is 0 Å². The number of likely N-dealkylation sites (tertiary alicyclic amines) is 1. The molecule has 4 heteroatoms. The van der Waals surface area contributed by atoms with Crippen molar-refractivity contribution in [3.05, 3.63) is 29.8 Å². The lowest BCUT2D eigenvalue weighted by atomic mass is 9.98. The summed E-state index contributed by atoms with van der Waals surface area (Å²) < 4.78 is 16.9. The quantitative estimate of drug-likeness (QED) is 0.843. The van der Waals surface area contributed by atoms with E-state index in [1.165, 1.54) is 5.56 Å². The van der Waals surface area contributed by atoms with Crippen molar-refractivity contribution in [2.24, 2.45) is 0 Å². The molecular formula is C16H23NO3. The van der Waals surface area contributed by atoms with Gasteiger partial charge in [-0.3, -0.25) is 4.90 Å². The smallest absolute Gasteiger partial charge is 0.123 e. The van der Waals surface area contributed by atoms with Crippen LogP contribution in [0.4, 0.5) is 0 Å². The second kappa shape index (κ2) is 5.72. The fourth-order valence-corrected chi connectivity index (χ4v) is 3.38. The maximum Gasteiger partial charge on any atom is 0.123 e. The van der Waals surface area contributed by atoms with Crippen LogP contribution < -0.4 is 4.74 Å². The van der Waals surface area contributed by atoms with Gasteiger partial charge in [-0.15, -0.1) is 0 Å². The zero-order valence-electron chi connectivity index (χ0n) is 12.3. The lowest BCUT2D eigenvalue weighted by Crippen LogP contribution is -2.32. The van der Waals surface area contributed by atoms with Crippen LogP contribution in [0.1, 0.15) is 18.4 Å². The molecule has 3 rings (SSSR count). The van der Waals surface area contributed by atoms with E-state index in [1.807, 2.05) is 12.1 Å². The van der Waals surface area contributed by atoms with Gasteiger partial charge in [0.1, 0.15) is 5.75 Å². The van der Waals surface area contributed by atoms with Crippen LogP contribution in [0.15, 0.2) is 24.3 Å². The molecule has 0 N–H and O–H groups in total. The molecule has 1 aromatic rings. The predicted octanol–water partition coefficient (Wildman–Crippen LogP) is 2.08. The summed E-state index contributed by atoms with van der Waals surface area (Å²) in [7, 11) is 3.50. The monoisotopic (exact) mass is 277 g/mol. The molecule has 0 saturated carbocycles. The van der Waals surface area contributed by atoms with E-state index >= 15 is 0 Å². The molecule has 0 aromatic heterocycles. The number of ether oxygens (including phenoxy) is 3. The average Bonchev–Trinajstić information content (AvgIpc) is 3.07. The van der Waals surface area contributed by atoms with E-state index in [-0.39, 0.29) is 11.7 Å². The molecule has 2 heterocycles. The number of hydrogen-bond donors (Lipinski definition) is 0. The standard InChI is InChI=1S/C16H23NO3/c1-18-14-9-16(20-11-14)7-8-17(12-16)10-13-5-3-4-6-15(13)19-2/h3-6,14H,7-12H2,1-2H3/t14-,16-/m0/s1. The molecule has 0 bridgehead atoms. The van der Waals surface area contributed by atoms with E-state index in [2.05, 4.69) is 17.0 Å². The molecule has 2 atom stereocenters. The van der Waals surface area contributed by atoms with E-state index in [4.69, 9.17) is 14.2 Å². The summed E-state index contributed by atoms with van der Waals surface area (Å²) in [6.07, 6.45) is 2.38. The Morgan fingerprint density at radius 1 is 1.35 bits per heavy atom. The van der Waals surface area contributed by atoms with Crippen molar-refractivity contribution in [3.63, 3.8) is 0 Å². The Balaban J connectivity index is 1.63. The Kier molecular flexibility index (Phi) is 3.96. The van der Waals surface area contributed by atoms with Gasteiger partial charge in [-0.2, -0.15) is 0 Å². The largest absolute Gasteiger partial charge is 0.496 e. The first kappa shape index (κ1) is 13.9. The molecule has 0 amide bonds. The van der Waals surface area contributed by atoms with Crippen molar-refractivity contribution in [1.82, 2.24) is 4.90 Å². The first-order chi connectivity index (χ1) is 9.74. The Labute approximate surface area is 120 Å². The molecule has 0 aliphatic carbocycles. The normalized spacial score (nSPS) is 30.2. The Morgan fingerprint density at radius 2 is 2.20 bits per heavy atom. The van der Waals surface area contributed by atoms with E-state index in [1.54, 1.807) is 14.2 Å². The van der Waals surface area contributed by atoms with Crippen molar-refractivity contribution in [1.29, 1.82) is 0 Å². The highest BCUT2D eigenvalue weighted by Crippen LogP contribution is 2.37. The maximum atomic E-state index is 6.03. The molecule has 20 heavy (non-hydrogen) atoms. The van der Waals surface area contributed by atoms with Crippen molar-refractivity contribution in [2.75, 3.05) is 33.9 Å². The molecule has 0 radical (unpaired) electrons. The third-order valence-corrected chi connectivity index (χ3v) is 4.49. The number of rotatable bonds is 4. The summed E-state index contributed by atoms with van der Waals surface area (Å²) in [6, 6.07) is 8.24. The van der Waals surface area contributed by atoms with Crippen molar-refractivity contribution in [3.8, 4) is 5.75 Å². The van der Waals surface area contributed by atoms with Gasteiger partial charge in [-0.1, -0.05) is 18.2 Å². The van der Waals surface area contributed by atoms with Crippen LogP contribution in [0.25, 0.3) is 0 Å². The molecule has 4 nitrogen and oxygen atoms in total. The van der Waals surface area contributed by atoms with Gasteiger partial charge in [0.25, 0.3) is 0 Å². The first-order valence-electron chi connectivity index (χ1n) is 7.26. The summed E-state index contributed by atoms with van der Waals surface area (Å²) in [5, 5.41) is 0. The minimum atomic E-state index is 0.0166. The highest BCUT2D eigenvalue weighted by atomic mass is 16.6. The second-order valence-electron chi connectivity index (χ2n) is 5.83. The highest BCUT2D eigenvalue weighted by Gasteiger charge is 2.45. The van der Waals surface area contributed by atoms with Crippen LogP contribution >= 0.6 is 0 Å². The highest BCUT2D eigenvalue weighted by molar-refractivity contribution is 5.33. The van der Waals surface area contributed by atoms with Crippen molar-refractivity contribution in [2.45, 2.75) is 31.1 Å². The van der Waals surface area contributed by atoms with Crippen molar-refractivity contribution < 1.29 is 14.2 Å². The fourth-order valence-electron chi connectivity index (χ4n) is 3.38. The summed E-state index contributed by atoms with van der Waals surface area (Å²) in [5.74, 6) is 0.968. The van der Waals surface area contributed by atoms with Gasteiger partial charge >= 0.3 is 0 Å². The van der Waals surface area contributed by atoms with Gasteiger partial charge in [0.2, 0.25) is 0 Å².